The number of carbonyl (C=O) groups excluding carboxylic acids is 2. The lowest BCUT2D eigenvalue weighted by Gasteiger charge is -2.20. The molecule has 0 radical (unpaired) electrons. The fourth-order valence-corrected chi connectivity index (χ4v) is 3.91. The minimum absolute atomic E-state index is 0.140. The molecule has 8 heteroatoms. The van der Waals surface area contributed by atoms with Gasteiger partial charge < -0.3 is 10.2 Å². The smallest absolute Gasteiger partial charge is 0.262 e. The van der Waals surface area contributed by atoms with Crippen LogP contribution in [-0.2, 0) is 4.79 Å². The highest BCUT2D eigenvalue weighted by atomic mass is 35.5. The summed E-state index contributed by atoms with van der Waals surface area (Å²) in [5, 5.41) is 7.50. The zero-order valence-corrected chi connectivity index (χ0v) is 20.0. The Bertz CT molecular complexity index is 1020. The van der Waals surface area contributed by atoms with Crippen molar-refractivity contribution < 1.29 is 9.59 Å². The van der Waals surface area contributed by atoms with Gasteiger partial charge >= 0.3 is 0 Å². The average molecular weight is 475 g/mol. The van der Waals surface area contributed by atoms with E-state index in [1.165, 1.54) is 24.6 Å². The van der Waals surface area contributed by atoms with Crippen molar-refractivity contribution in [1.29, 1.82) is 0 Å². The van der Waals surface area contributed by atoms with E-state index in [1.54, 1.807) is 18.3 Å². The predicted octanol–water partition coefficient (Wildman–Crippen LogP) is 4.81. The number of nitrogens with one attached hydrogen (secondary N) is 2. The molecule has 2 amide bonds. The Morgan fingerprint density at radius 2 is 1.78 bits per heavy atom. The molecule has 1 aliphatic rings. The van der Waals surface area contributed by atoms with E-state index >= 15 is 0 Å². The van der Waals surface area contributed by atoms with Crippen LogP contribution in [0.1, 0.15) is 48.2 Å². The first-order valence-electron chi connectivity index (χ1n) is 10.7. The third-order valence-corrected chi connectivity index (χ3v) is 6.26. The zero-order valence-electron chi connectivity index (χ0n) is 18.5. The minimum atomic E-state index is -0.757. The summed E-state index contributed by atoms with van der Waals surface area (Å²) < 4.78 is 0. The summed E-state index contributed by atoms with van der Waals surface area (Å²) in [5.41, 5.74) is 6.10. The van der Waals surface area contributed by atoms with E-state index in [0.717, 1.165) is 24.2 Å². The first-order chi connectivity index (χ1) is 15.3. The standard InChI is InChI=1S/C24H28Cl2N4O2/c1-15(2)22(28-23(31)17-7-9-20(25)21(26)13-17)24(32)29-27-14-18-6-8-19(12-16(18)3)30-10-4-5-11-30/h6-9,12-15,22H,4-5,10-11H2,1-3H3,(H,28,31)(H,29,32)/b27-14-. The van der Waals surface area contributed by atoms with Crippen molar-refractivity contribution in [2.24, 2.45) is 11.0 Å². The fourth-order valence-electron chi connectivity index (χ4n) is 3.61. The molecule has 1 fully saturated rings. The molecule has 0 spiro atoms. The van der Waals surface area contributed by atoms with E-state index in [9.17, 15) is 9.59 Å². The van der Waals surface area contributed by atoms with E-state index in [4.69, 9.17) is 23.2 Å². The molecule has 0 aromatic heterocycles. The summed E-state index contributed by atoms with van der Waals surface area (Å²) in [6.07, 6.45) is 4.08. The van der Waals surface area contributed by atoms with Crippen LogP contribution in [0, 0.1) is 12.8 Å². The topological polar surface area (TPSA) is 73.8 Å². The van der Waals surface area contributed by atoms with E-state index in [1.807, 2.05) is 26.8 Å². The number of nitrogens with zero attached hydrogens (tertiary/aromatic N) is 2. The van der Waals surface area contributed by atoms with Crippen molar-refractivity contribution >= 4 is 46.9 Å². The van der Waals surface area contributed by atoms with Gasteiger partial charge in [0.05, 0.1) is 16.3 Å². The number of hydrazone groups is 1. The highest BCUT2D eigenvalue weighted by Crippen LogP contribution is 2.23. The molecule has 3 rings (SSSR count). The number of benzene rings is 2. The molecule has 1 aliphatic heterocycles. The first kappa shape index (κ1) is 24.1. The Hall–Kier alpha value is -2.57. The number of carbonyl (C=O) groups is 2. The molecule has 2 aromatic rings. The lowest BCUT2D eigenvalue weighted by Crippen LogP contribution is -2.48. The molecule has 1 heterocycles. The Labute approximate surface area is 199 Å². The summed E-state index contributed by atoms with van der Waals surface area (Å²) in [6, 6.07) is 10.0. The van der Waals surface area contributed by atoms with Crippen molar-refractivity contribution in [1.82, 2.24) is 10.7 Å². The molecule has 6 nitrogen and oxygen atoms in total. The average Bonchev–Trinajstić information content (AvgIpc) is 3.29. The highest BCUT2D eigenvalue weighted by Gasteiger charge is 2.24. The molecule has 0 aliphatic carbocycles. The van der Waals surface area contributed by atoms with Crippen LogP contribution in [0.5, 0.6) is 0 Å². The van der Waals surface area contributed by atoms with Gasteiger partial charge in [-0.05, 0) is 67.1 Å². The summed E-state index contributed by atoms with van der Waals surface area (Å²) in [7, 11) is 0. The number of hydrogen-bond acceptors (Lipinski definition) is 4. The third kappa shape index (κ3) is 6.02. The van der Waals surface area contributed by atoms with Crippen molar-refractivity contribution in [2.75, 3.05) is 18.0 Å². The van der Waals surface area contributed by atoms with Gasteiger partial charge in [0.25, 0.3) is 11.8 Å². The first-order valence-corrected chi connectivity index (χ1v) is 11.5. The lowest BCUT2D eigenvalue weighted by molar-refractivity contribution is -0.123. The van der Waals surface area contributed by atoms with Crippen LogP contribution in [0.3, 0.4) is 0 Å². The number of hydrogen-bond donors (Lipinski definition) is 2. The maximum Gasteiger partial charge on any atom is 0.262 e. The zero-order chi connectivity index (χ0) is 23.3. The van der Waals surface area contributed by atoms with Gasteiger partial charge in [-0.15, -0.1) is 0 Å². The molecule has 170 valence electrons. The van der Waals surface area contributed by atoms with Gasteiger partial charge in [0, 0.05) is 24.3 Å². The van der Waals surface area contributed by atoms with Crippen LogP contribution >= 0.6 is 23.2 Å². The normalized spacial score (nSPS) is 14.8. The highest BCUT2D eigenvalue weighted by molar-refractivity contribution is 6.42. The summed E-state index contributed by atoms with van der Waals surface area (Å²) >= 11 is 11.9. The summed E-state index contributed by atoms with van der Waals surface area (Å²) in [5.74, 6) is -0.941. The van der Waals surface area contributed by atoms with Gasteiger partial charge in [-0.2, -0.15) is 5.10 Å². The minimum Gasteiger partial charge on any atom is -0.372 e. The molecule has 0 saturated carbocycles. The number of amides is 2. The van der Waals surface area contributed by atoms with Gasteiger partial charge in [0.15, 0.2) is 0 Å². The summed E-state index contributed by atoms with van der Waals surface area (Å²) in [6.45, 7) is 7.91. The number of aryl methyl sites for hydroxylation is 1. The molecular weight excluding hydrogens is 447 g/mol. The Kier molecular flexibility index (Phi) is 8.15. The molecule has 2 aromatic carbocycles. The second-order valence-corrected chi connectivity index (χ2v) is 9.11. The van der Waals surface area contributed by atoms with Gasteiger partial charge in [-0.1, -0.05) is 43.1 Å². The van der Waals surface area contributed by atoms with Crippen molar-refractivity contribution in [2.45, 2.75) is 39.7 Å². The maximum atomic E-state index is 12.7. The molecular formula is C24H28Cl2N4O2. The SMILES string of the molecule is Cc1cc(N2CCCC2)ccc1/C=N\NC(=O)C(NC(=O)c1ccc(Cl)c(Cl)c1)C(C)C. The van der Waals surface area contributed by atoms with Gasteiger partial charge in [0.2, 0.25) is 0 Å². The van der Waals surface area contributed by atoms with Gasteiger partial charge in [0.1, 0.15) is 6.04 Å². The maximum absolute atomic E-state index is 12.7. The van der Waals surface area contributed by atoms with E-state index < -0.39 is 17.9 Å². The molecule has 1 saturated heterocycles. The summed E-state index contributed by atoms with van der Waals surface area (Å²) in [4.78, 5) is 27.6. The Morgan fingerprint density at radius 3 is 2.41 bits per heavy atom. The van der Waals surface area contributed by atoms with Crippen LogP contribution in [0.2, 0.25) is 10.0 Å². The van der Waals surface area contributed by atoms with Crippen LogP contribution in [-0.4, -0.2) is 37.2 Å². The van der Waals surface area contributed by atoms with Crippen LogP contribution in [0.4, 0.5) is 5.69 Å². The van der Waals surface area contributed by atoms with Crippen molar-refractivity contribution in [3.05, 3.63) is 63.1 Å². The van der Waals surface area contributed by atoms with Crippen LogP contribution in [0.25, 0.3) is 0 Å². The second-order valence-electron chi connectivity index (χ2n) is 8.29. The van der Waals surface area contributed by atoms with Crippen LogP contribution < -0.4 is 15.6 Å². The van der Waals surface area contributed by atoms with Crippen molar-refractivity contribution in [3.8, 4) is 0 Å². The second kappa shape index (κ2) is 10.8. The monoisotopic (exact) mass is 474 g/mol. The van der Waals surface area contributed by atoms with Crippen molar-refractivity contribution in [3.63, 3.8) is 0 Å². The van der Waals surface area contributed by atoms with Gasteiger partial charge in [-0.3, -0.25) is 9.59 Å². The largest absolute Gasteiger partial charge is 0.372 e. The Morgan fingerprint density at radius 1 is 1.06 bits per heavy atom. The fraction of sp³-hybridized carbons (Fsp3) is 0.375. The van der Waals surface area contributed by atoms with Crippen LogP contribution in [0.15, 0.2) is 41.5 Å². The predicted molar refractivity (Wildman–Crippen MR) is 131 cm³/mol. The van der Waals surface area contributed by atoms with E-state index in [-0.39, 0.29) is 10.9 Å². The number of halogens is 2. The quantitative estimate of drug-likeness (QED) is 0.446. The molecule has 32 heavy (non-hydrogen) atoms. The number of anilines is 1. The molecule has 1 atom stereocenters. The molecule has 2 N–H and O–H groups in total. The molecule has 0 bridgehead atoms. The molecule has 1 unspecified atom stereocenters. The van der Waals surface area contributed by atoms with E-state index in [0.29, 0.717) is 10.6 Å². The number of rotatable bonds is 7. The van der Waals surface area contributed by atoms with Gasteiger partial charge in [-0.25, -0.2) is 5.43 Å². The lowest BCUT2D eigenvalue weighted by atomic mass is 10.0. The third-order valence-electron chi connectivity index (χ3n) is 5.52. The van der Waals surface area contributed by atoms with E-state index in [2.05, 4.69) is 32.9 Å². The Balaban J connectivity index is 1.62.